The number of aromatic nitrogens is 1. The molecule has 1 saturated carbocycles. The summed E-state index contributed by atoms with van der Waals surface area (Å²) in [6.07, 6.45) is 7.03. The van der Waals surface area contributed by atoms with Gasteiger partial charge in [0.15, 0.2) is 0 Å². The summed E-state index contributed by atoms with van der Waals surface area (Å²) >= 11 is 0. The Morgan fingerprint density at radius 1 is 1.24 bits per heavy atom. The number of hydrogen-bond donors (Lipinski definition) is 0. The molecule has 2 rings (SSSR count). The van der Waals surface area contributed by atoms with Crippen LogP contribution in [0.25, 0.3) is 0 Å². The molecule has 2 heteroatoms. The normalized spacial score (nSPS) is 23.1. The summed E-state index contributed by atoms with van der Waals surface area (Å²) in [6.45, 7) is 12.5. The van der Waals surface area contributed by atoms with Gasteiger partial charge >= 0.3 is 0 Å². The minimum absolute atomic E-state index is 0.396. The summed E-state index contributed by atoms with van der Waals surface area (Å²) < 4.78 is 0. The van der Waals surface area contributed by atoms with Crippen LogP contribution in [0.4, 0.5) is 0 Å². The van der Waals surface area contributed by atoms with Crippen molar-refractivity contribution in [1.82, 2.24) is 9.88 Å². The number of rotatable bonds is 4. The fourth-order valence-corrected chi connectivity index (χ4v) is 3.12. The fraction of sp³-hybridized carbons (Fsp3) is 0.632. The zero-order valence-corrected chi connectivity index (χ0v) is 14.5. The van der Waals surface area contributed by atoms with Crippen LogP contribution in [0.2, 0.25) is 0 Å². The molecule has 0 aromatic carbocycles. The monoisotopic (exact) mass is 288 g/mol. The van der Waals surface area contributed by atoms with Crippen molar-refractivity contribution in [2.75, 3.05) is 7.05 Å². The van der Waals surface area contributed by atoms with Crippen LogP contribution in [0, 0.1) is 5.92 Å². The second-order valence-electron chi connectivity index (χ2n) is 5.95. The molecule has 118 valence electrons. The quantitative estimate of drug-likeness (QED) is 0.705. The topological polar surface area (TPSA) is 16.1 Å². The van der Waals surface area contributed by atoms with Gasteiger partial charge in [-0.2, -0.15) is 0 Å². The van der Waals surface area contributed by atoms with E-state index in [1.165, 1.54) is 37.0 Å². The molecule has 21 heavy (non-hydrogen) atoms. The molecule has 0 N–H and O–H groups in total. The molecule has 2 nitrogen and oxygen atoms in total. The molecule has 0 spiro atoms. The fourth-order valence-electron chi connectivity index (χ4n) is 3.12. The summed E-state index contributed by atoms with van der Waals surface area (Å²) in [6, 6.07) is 7.26. The van der Waals surface area contributed by atoms with Crippen LogP contribution >= 0.6 is 0 Å². The number of pyridine rings is 1. The van der Waals surface area contributed by atoms with Crippen molar-refractivity contribution in [3.8, 4) is 0 Å². The number of nitrogens with zero attached hydrogens (tertiary/aromatic N) is 2. The van der Waals surface area contributed by atoms with Crippen molar-refractivity contribution in [2.45, 2.75) is 65.5 Å². The van der Waals surface area contributed by atoms with Crippen LogP contribution in [0.3, 0.4) is 0 Å². The van der Waals surface area contributed by atoms with Gasteiger partial charge in [-0.15, -0.1) is 0 Å². The first-order chi connectivity index (χ1) is 10.1. The largest absolute Gasteiger partial charge is 0.295 e. The van der Waals surface area contributed by atoms with E-state index < -0.39 is 0 Å². The Bertz CT molecular complexity index is 405. The molecule has 0 amide bonds. The highest BCUT2D eigenvalue weighted by atomic mass is 15.2. The van der Waals surface area contributed by atoms with Gasteiger partial charge in [0.25, 0.3) is 0 Å². The molecular weight excluding hydrogens is 256 g/mol. The third kappa shape index (κ3) is 4.96. The molecule has 0 bridgehead atoms. The van der Waals surface area contributed by atoms with E-state index in [1.807, 2.05) is 26.1 Å². The average Bonchev–Trinajstić information content (AvgIpc) is 2.56. The second-order valence-corrected chi connectivity index (χ2v) is 5.95. The van der Waals surface area contributed by atoms with E-state index in [4.69, 9.17) is 0 Å². The minimum atomic E-state index is 0.396. The van der Waals surface area contributed by atoms with Crippen LogP contribution in [-0.4, -0.2) is 23.0 Å². The smallest absolute Gasteiger partial charge is 0.0572 e. The molecule has 0 aliphatic heterocycles. The molecule has 0 radical (unpaired) electrons. The standard InChI is InChI=1S/C17H26N2.C2H6/c1-13(2)15-8-10-16(11-9-15)19(4)14(3)17-7-5-6-12-18-17;1-2/h5-7,12,14-16H,1,8-11H2,2-4H3;1-2H3. The summed E-state index contributed by atoms with van der Waals surface area (Å²) in [4.78, 5) is 6.98. The molecule has 1 atom stereocenters. The van der Waals surface area contributed by atoms with Gasteiger partial charge in [0.1, 0.15) is 0 Å². The average molecular weight is 288 g/mol. The van der Waals surface area contributed by atoms with Crippen molar-refractivity contribution >= 4 is 0 Å². The van der Waals surface area contributed by atoms with Crippen molar-refractivity contribution in [2.24, 2.45) is 5.92 Å². The second kappa shape index (κ2) is 8.99. The first kappa shape index (κ1) is 17.9. The lowest BCUT2D eigenvalue weighted by Crippen LogP contribution is -2.37. The van der Waals surface area contributed by atoms with Crippen molar-refractivity contribution in [1.29, 1.82) is 0 Å². The van der Waals surface area contributed by atoms with Gasteiger partial charge in [0.05, 0.1) is 5.69 Å². The van der Waals surface area contributed by atoms with E-state index in [9.17, 15) is 0 Å². The van der Waals surface area contributed by atoms with Gasteiger partial charge in [-0.1, -0.05) is 32.1 Å². The maximum Gasteiger partial charge on any atom is 0.0572 e. The Morgan fingerprint density at radius 2 is 1.86 bits per heavy atom. The molecule has 1 aromatic heterocycles. The highest BCUT2D eigenvalue weighted by Crippen LogP contribution is 2.33. The van der Waals surface area contributed by atoms with E-state index >= 15 is 0 Å². The van der Waals surface area contributed by atoms with Gasteiger partial charge in [0, 0.05) is 18.3 Å². The molecule has 1 unspecified atom stereocenters. The van der Waals surface area contributed by atoms with Crippen molar-refractivity contribution in [3.63, 3.8) is 0 Å². The highest BCUT2D eigenvalue weighted by molar-refractivity contribution is 5.08. The molecule has 1 aliphatic carbocycles. The lowest BCUT2D eigenvalue weighted by Gasteiger charge is -2.38. The Kier molecular flexibility index (Phi) is 7.66. The lowest BCUT2D eigenvalue weighted by atomic mass is 9.81. The van der Waals surface area contributed by atoms with E-state index in [-0.39, 0.29) is 0 Å². The van der Waals surface area contributed by atoms with E-state index in [0.29, 0.717) is 12.1 Å². The highest BCUT2D eigenvalue weighted by Gasteiger charge is 2.27. The Hall–Kier alpha value is -1.15. The predicted octanol–water partition coefficient (Wildman–Crippen LogP) is 5.24. The third-order valence-electron chi connectivity index (χ3n) is 4.70. The maximum absolute atomic E-state index is 4.48. The van der Waals surface area contributed by atoms with E-state index in [1.54, 1.807) is 0 Å². The summed E-state index contributed by atoms with van der Waals surface area (Å²) in [5.41, 5.74) is 2.53. The Balaban J connectivity index is 0.00000106. The lowest BCUT2D eigenvalue weighted by molar-refractivity contribution is 0.132. The van der Waals surface area contributed by atoms with Crippen LogP contribution in [0.1, 0.15) is 65.1 Å². The molecule has 1 aromatic rings. The number of allylic oxidation sites excluding steroid dienone is 1. The van der Waals surface area contributed by atoms with Gasteiger partial charge in [-0.3, -0.25) is 9.88 Å². The Labute approximate surface area is 131 Å². The Morgan fingerprint density at radius 3 is 2.33 bits per heavy atom. The first-order valence-corrected chi connectivity index (χ1v) is 8.38. The number of hydrogen-bond acceptors (Lipinski definition) is 2. The van der Waals surface area contributed by atoms with Crippen LogP contribution in [0.15, 0.2) is 36.5 Å². The molecular formula is C19H32N2. The minimum Gasteiger partial charge on any atom is -0.295 e. The van der Waals surface area contributed by atoms with Gasteiger partial charge in [-0.05, 0) is 64.6 Å². The molecule has 1 fully saturated rings. The summed E-state index contributed by atoms with van der Waals surface area (Å²) in [5, 5.41) is 0. The van der Waals surface area contributed by atoms with E-state index in [2.05, 4.69) is 49.5 Å². The maximum atomic E-state index is 4.48. The summed E-state index contributed by atoms with van der Waals surface area (Å²) in [7, 11) is 2.24. The zero-order chi connectivity index (χ0) is 15.8. The van der Waals surface area contributed by atoms with Crippen LogP contribution in [0.5, 0.6) is 0 Å². The SMILES string of the molecule is C=C(C)C1CCC(N(C)C(C)c2ccccn2)CC1.CC. The van der Waals surface area contributed by atoms with Gasteiger partial charge in [0.2, 0.25) is 0 Å². The molecule has 1 aliphatic rings. The van der Waals surface area contributed by atoms with Gasteiger partial charge < -0.3 is 0 Å². The van der Waals surface area contributed by atoms with Crippen molar-refractivity contribution < 1.29 is 0 Å². The first-order valence-electron chi connectivity index (χ1n) is 8.38. The third-order valence-corrected chi connectivity index (χ3v) is 4.70. The van der Waals surface area contributed by atoms with Crippen LogP contribution in [-0.2, 0) is 0 Å². The van der Waals surface area contributed by atoms with E-state index in [0.717, 1.165) is 5.92 Å². The molecule has 0 saturated heterocycles. The zero-order valence-electron chi connectivity index (χ0n) is 14.5. The van der Waals surface area contributed by atoms with Gasteiger partial charge in [-0.25, -0.2) is 0 Å². The van der Waals surface area contributed by atoms with Crippen molar-refractivity contribution in [3.05, 3.63) is 42.2 Å². The molecule has 1 heterocycles. The van der Waals surface area contributed by atoms with Crippen LogP contribution < -0.4 is 0 Å². The predicted molar refractivity (Wildman–Crippen MR) is 92.3 cm³/mol. The summed E-state index contributed by atoms with van der Waals surface area (Å²) in [5.74, 6) is 0.745.